The summed E-state index contributed by atoms with van der Waals surface area (Å²) in [6.45, 7) is 15.4. The summed E-state index contributed by atoms with van der Waals surface area (Å²) in [5, 5.41) is 8.33. The van der Waals surface area contributed by atoms with Gasteiger partial charge in [0, 0.05) is 37.8 Å². The van der Waals surface area contributed by atoms with Crippen LogP contribution in [0.5, 0.6) is 0 Å². The summed E-state index contributed by atoms with van der Waals surface area (Å²) in [5.74, 6) is 0. The lowest BCUT2D eigenvalue weighted by Gasteiger charge is -2.46. The minimum atomic E-state index is 0.209. The summed E-state index contributed by atoms with van der Waals surface area (Å²) in [7, 11) is 0. The summed E-state index contributed by atoms with van der Waals surface area (Å²) in [6.07, 6.45) is 2.21. The third-order valence-electron chi connectivity index (χ3n) is 4.54. The first-order valence-electron chi connectivity index (χ1n) is 8.04. The van der Waals surface area contributed by atoms with Gasteiger partial charge < -0.3 is 5.32 Å². The number of aromatic nitrogens is 2. The minimum Gasteiger partial charge on any atom is -0.311 e. The number of piperazine rings is 1. The van der Waals surface area contributed by atoms with Crippen LogP contribution in [0, 0.1) is 0 Å². The summed E-state index contributed by atoms with van der Waals surface area (Å²) in [4.78, 5) is 2.61. The number of nitrogens with one attached hydrogen (secondary N) is 1. The van der Waals surface area contributed by atoms with Gasteiger partial charge in [-0.25, -0.2) is 0 Å². The molecule has 0 saturated carbocycles. The van der Waals surface area contributed by atoms with Crippen LogP contribution >= 0.6 is 0 Å². The van der Waals surface area contributed by atoms with E-state index in [1.165, 1.54) is 17.8 Å². The van der Waals surface area contributed by atoms with Crippen molar-refractivity contribution in [2.75, 3.05) is 13.1 Å². The quantitative estimate of drug-likeness (QED) is 0.898. The molecule has 1 aliphatic heterocycles. The number of rotatable bonds is 5. The van der Waals surface area contributed by atoms with Crippen LogP contribution in [-0.2, 0) is 19.5 Å². The highest BCUT2D eigenvalue weighted by atomic mass is 15.3. The van der Waals surface area contributed by atoms with E-state index in [0.29, 0.717) is 6.04 Å². The molecule has 0 bridgehead atoms. The maximum absolute atomic E-state index is 4.67. The Morgan fingerprint density at radius 1 is 1.35 bits per heavy atom. The molecule has 1 atom stereocenters. The van der Waals surface area contributed by atoms with Crippen molar-refractivity contribution in [3.05, 3.63) is 17.5 Å². The topological polar surface area (TPSA) is 33.1 Å². The van der Waals surface area contributed by atoms with Crippen LogP contribution in [-0.4, -0.2) is 39.4 Å². The van der Waals surface area contributed by atoms with E-state index < -0.39 is 0 Å². The molecule has 0 aliphatic carbocycles. The van der Waals surface area contributed by atoms with Crippen molar-refractivity contribution in [1.29, 1.82) is 0 Å². The van der Waals surface area contributed by atoms with Gasteiger partial charge in [-0.1, -0.05) is 13.8 Å². The molecule has 2 heterocycles. The number of hydrogen-bond donors (Lipinski definition) is 1. The van der Waals surface area contributed by atoms with Gasteiger partial charge in [0.1, 0.15) is 0 Å². The van der Waals surface area contributed by atoms with Crippen molar-refractivity contribution in [3.8, 4) is 0 Å². The third kappa shape index (κ3) is 3.23. The first-order valence-corrected chi connectivity index (χ1v) is 8.04. The van der Waals surface area contributed by atoms with Gasteiger partial charge in [0.2, 0.25) is 0 Å². The van der Waals surface area contributed by atoms with E-state index in [-0.39, 0.29) is 5.54 Å². The van der Waals surface area contributed by atoms with Crippen molar-refractivity contribution >= 4 is 0 Å². The normalized spacial score (nSPS) is 23.1. The second-order valence-corrected chi connectivity index (χ2v) is 6.48. The second kappa shape index (κ2) is 6.27. The highest BCUT2D eigenvalue weighted by Crippen LogP contribution is 2.22. The van der Waals surface area contributed by atoms with Crippen LogP contribution in [0.15, 0.2) is 6.07 Å². The van der Waals surface area contributed by atoms with Gasteiger partial charge in [0.05, 0.1) is 11.4 Å². The van der Waals surface area contributed by atoms with E-state index in [2.05, 4.69) is 60.7 Å². The molecule has 1 aromatic rings. The average Bonchev–Trinajstić information content (AvgIpc) is 2.83. The molecule has 1 fully saturated rings. The number of nitrogens with zero attached hydrogens (tertiary/aromatic N) is 3. The largest absolute Gasteiger partial charge is 0.311 e. The van der Waals surface area contributed by atoms with Gasteiger partial charge in [-0.05, 0) is 39.7 Å². The summed E-state index contributed by atoms with van der Waals surface area (Å²) in [5.41, 5.74) is 2.77. The summed E-state index contributed by atoms with van der Waals surface area (Å²) in [6, 6.07) is 2.90. The SMILES string of the molecule is CCc1cc(CN2CC(CC)NCC2(C)C)n(CC)n1. The Morgan fingerprint density at radius 3 is 2.70 bits per heavy atom. The molecule has 1 N–H and O–H groups in total. The zero-order valence-corrected chi connectivity index (χ0v) is 13.7. The lowest BCUT2D eigenvalue weighted by Crippen LogP contribution is -2.61. The maximum Gasteiger partial charge on any atom is 0.0625 e. The smallest absolute Gasteiger partial charge is 0.0625 e. The Labute approximate surface area is 123 Å². The molecule has 0 aromatic carbocycles. The first-order chi connectivity index (χ1) is 9.50. The van der Waals surface area contributed by atoms with Gasteiger partial charge in [-0.3, -0.25) is 9.58 Å². The van der Waals surface area contributed by atoms with Gasteiger partial charge in [0.15, 0.2) is 0 Å². The standard InChI is InChI=1S/C16H30N4/c1-6-13-9-15(20(8-3)18-13)11-19-10-14(7-2)17-12-16(19,4)5/h9,14,17H,6-8,10-12H2,1-5H3. The lowest BCUT2D eigenvalue weighted by atomic mass is 9.96. The van der Waals surface area contributed by atoms with Crippen LogP contribution in [0.1, 0.15) is 52.4 Å². The second-order valence-electron chi connectivity index (χ2n) is 6.48. The number of aryl methyl sites for hydroxylation is 2. The fourth-order valence-electron chi connectivity index (χ4n) is 2.92. The lowest BCUT2D eigenvalue weighted by molar-refractivity contribution is 0.0552. The molecule has 4 nitrogen and oxygen atoms in total. The maximum atomic E-state index is 4.67. The van der Waals surface area contributed by atoms with Crippen LogP contribution in [0.2, 0.25) is 0 Å². The van der Waals surface area contributed by atoms with E-state index in [1.54, 1.807) is 0 Å². The molecule has 0 spiro atoms. The Bertz CT molecular complexity index is 436. The molecule has 1 aliphatic rings. The minimum absolute atomic E-state index is 0.209. The molecule has 4 heteroatoms. The van der Waals surface area contributed by atoms with Gasteiger partial charge in [0.25, 0.3) is 0 Å². The Kier molecular flexibility index (Phi) is 4.86. The van der Waals surface area contributed by atoms with E-state index in [1.807, 2.05) is 0 Å². The monoisotopic (exact) mass is 278 g/mol. The van der Waals surface area contributed by atoms with Gasteiger partial charge >= 0.3 is 0 Å². The predicted molar refractivity (Wildman–Crippen MR) is 83.8 cm³/mol. The molecule has 1 aromatic heterocycles. The number of hydrogen-bond acceptors (Lipinski definition) is 3. The summed E-state index contributed by atoms with van der Waals surface area (Å²) < 4.78 is 2.16. The zero-order chi connectivity index (χ0) is 14.8. The van der Waals surface area contributed by atoms with E-state index in [9.17, 15) is 0 Å². The average molecular weight is 278 g/mol. The Hall–Kier alpha value is -0.870. The van der Waals surface area contributed by atoms with E-state index in [0.717, 1.165) is 32.6 Å². The molecule has 0 radical (unpaired) electrons. The van der Waals surface area contributed by atoms with Gasteiger partial charge in [-0.15, -0.1) is 0 Å². The predicted octanol–water partition coefficient (Wildman–Crippen LogP) is 2.43. The van der Waals surface area contributed by atoms with Crippen LogP contribution in [0.3, 0.4) is 0 Å². The first kappa shape index (κ1) is 15.5. The van der Waals surface area contributed by atoms with E-state index in [4.69, 9.17) is 0 Å². The highest BCUT2D eigenvalue weighted by Gasteiger charge is 2.33. The zero-order valence-electron chi connectivity index (χ0n) is 13.7. The van der Waals surface area contributed by atoms with Gasteiger partial charge in [-0.2, -0.15) is 5.10 Å². The molecule has 0 amide bonds. The molecule has 2 rings (SSSR count). The Balaban J connectivity index is 2.15. The molecule has 1 saturated heterocycles. The van der Waals surface area contributed by atoms with Crippen LogP contribution in [0.25, 0.3) is 0 Å². The molecular formula is C16H30N4. The molecule has 114 valence electrons. The third-order valence-corrected chi connectivity index (χ3v) is 4.54. The van der Waals surface area contributed by atoms with Crippen molar-refractivity contribution in [1.82, 2.24) is 20.0 Å². The summed E-state index contributed by atoms with van der Waals surface area (Å²) >= 11 is 0. The fourth-order valence-corrected chi connectivity index (χ4v) is 2.92. The molecular weight excluding hydrogens is 248 g/mol. The molecule has 1 unspecified atom stereocenters. The highest BCUT2D eigenvalue weighted by molar-refractivity contribution is 5.11. The van der Waals surface area contributed by atoms with E-state index >= 15 is 0 Å². The Morgan fingerprint density at radius 2 is 2.10 bits per heavy atom. The fraction of sp³-hybridized carbons (Fsp3) is 0.812. The van der Waals surface area contributed by atoms with Crippen molar-refractivity contribution in [2.45, 2.75) is 72.1 Å². The van der Waals surface area contributed by atoms with Crippen molar-refractivity contribution < 1.29 is 0 Å². The van der Waals surface area contributed by atoms with Crippen LogP contribution < -0.4 is 5.32 Å². The van der Waals surface area contributed by atoms with Crippen LogP contribution in [0.4, 0.5) is 0 Å². The van der Waals surface area contributed by atoms with Crippen molar-refractivity contribution in [2.24, 2.45) is 0 Å². The van der Waals surface area contributed by atoms with Crippen molar-refractivity contribution in [3.63, 3.8) is 0 Å². The molecule has 20 heavy (non-hydrogen) atoms.